The van der Waals surface area contributed by atoms with Crippen LogP contribution in [0.1, 0.15) is 18.9 Å². The second kappa shape index (κ2) is 9.53. The first-order valence-electron chi connectivity index (χ1n) is 11.6. The number of benzene rings is 2. The van der Waals surface area contributed by atoms with Crippen LogP contribution in [0.25, 0.3) is 11.1 Å². The molecule has 0 aliphatic carbocycles. The lowest BCUT2D eigenvalue weighted by molar-refractivity contribution is -0.140. The van der Waals surface area contributed by atoms with Crippen LogP contribution in [0.15, 0.2) is 48.5 Å². The smallest absolute Gasteiger partial charge is 0.230 e. The van der Waals surface area contributed by atoms with Gasteiger partial charge in [-0.25, -0.2) is 0 Å². The Hall–Kier alpha value is -2.90. The second-order valence-corrected chi connectivity index (χ2v) is 9.48. The van der Waals surface area contributed by atoms with Crippen molar-refractivity contribution in [2.45, 2.75) is 25.8 Å². The standard InChI is InChI=1S/C26H34N4O3/c1-18-22(16-27-28-18)24(31)30-14-13-26(17-30,25(32)29(2)3)15-19-9-11-20(12-10-19)21-7-5-6-8-23(21)33-4/h5-12,18,22,27-28H,13-17H2,1-4H3. The Kier molecular flexibility index (Phi) is 6.72. The molecule has 2 aromatic rings. The van der Waals surface area contributed by atoms with Crippen LogP contribution in [0.3, 0.4) is 0 Å². The van der Waals surface area contributed by atoms with E-state index in [2.05, 4.69) is 35.1 Å². The molecule has 2 saturated heterocycles. The summed E-state index contributed by atoms with van der Waals surface area (Å²) in [4.78, 5) is 30.1. The summed E-state index contributed by atoms with van der Waals surface area (Å²) in [5, 5.41) is 0. The molecule has 0 bridgehead atoms. The first-order valence-corrected chi connectivity index (χ1v) is 11.6. The Morgan fingerprint density at radius 2 is 1.88 bits per heavy atom. The molecular formula is C26H34N4O3. The molecule has 3 unspecified atom stereocenters. The second-order valence-electron chi connectivity index (χ2n) is 9.48. The third-order valence-corrected chi connectivity index (χ3v) is 7.01. The van der Waals surface area contributed by atoms with E-state index in [4.69, 9.17) is 4.74 Å². The zero-order valence-corrected chi connectivity index (χ0v) is 19.9. The number of hydrogen-bond donors (Lipinski definition) is 2. The number of carbonyl (C=O) groups excluding carboxylic acids is 2. The highest BCUT2D eigenvalue weighted by molar-refractivity contribution is 5.86. The van der Waals surface area contributed by atoms with Crippen LogP contribution in [-0.2, 0) is 16.0 Å². The van der Waals surface area contributed by atoms with Gasteiger partial charge in [0.2, 0.25) is 11.8 Å². The van der Waals surface area contributed by atoms with Crippen LogP contribution < -0.4 is 15.6 Å². The molecule has 0 saturated carbocycles. The summed E-state index contributed by atoms with van der Waals surface area (Å²) in [7, 11) is 5.27. The minimum absolute atomic E-state index is 0.0829. The summed E-state index contributed by atoms with van der Waals surface area (Å²) in [6.07, 6.45) is 1.28. The van der Waals surface area contributed by atoms with Crippen molar-refractivity contribution >= 4 is 11.8 Å². The number of para-hydroxylation sites is 1. The predicted octanol–water partition coefficient (Wildman–Crippen LogP) is 2.32. The molecular weight excluding hydrogens is 416 g/mol. The number of hydrazine groups is 1. The number of carbonyl (C=O) groups is 2. The van der Waals surface area contributed by atoms with Gasteiger partial charge in [0, 0.05) is 45.3 Å². The maximum absolute atomic E-state index is 13.3. The van der Waals surface area contributed by atoms with Gasteiger partial charge in [0.25, 0.3) is 0 Å². The Morgan fingerprint density at radius 1 is 1.15 bits per heavy atom. The molecule has 2 fully saturated rings. The van der Waals surface area contributed by atoms with Crippen molar-refractivity contribution in [3.8, 4) is 16.9 Å². The van der Waals surface area contributed by atoms with Crippen LogP contribution >= 0.6 is 0 Å². The van der Waals surface area contributed by atoms with Crippen molar-refractivity contribution in [1.29, 1.82) is 0 Å². The average Bonchev–Trinajstić information content (AvgIpc) is 3.45. The molecule has 7 nitrogen and oxygen atoms in total. The van der Waals surface area contributed by atoms with E-state index < -0.39 is 5.41 Å². The SMILES string of the molecule is COc1ccccc1-c1ccc(CC2(C(=O)N(C)C)CCN(C(=O)C3CNNC3C)C2)cc1. The number of nitrogens with zero attached hydrogens (tertiary/aromatic N) is 2. The van der Waals surface area contributed by atoms with Gasteiger partial charge < -0.3 is 14.5 Å². The molecule has 2 aliphatic heterocycles. The van der Waals surface area contributed by atoms with Gasteiger partial charge in [-0.3, -0.25) is 20.4 Å². The van der Waals surface area contributed by atoms with Gasteiger partial charge in [-0.1, -0.05) is 42.5 Å². The fourth-order valence-corrected chi connectivity index (χ4v) is 5.15. The van der Waals surface area contributed by atoms with Gasteiger partial charge in [0.15, 0.2) is 0 Å². The van der Waals surface area contributed by atoms with Crippen molar-refractivity contribution in [2.75, 3.05) is 40.8 Å². The van der Waals surface area contributed by atoms with Gasteiger partial charge in [0.1, 0.15) is 5.75 Å². The lowest BCUT2D eigenvalue weighted by Crippen LogP contribution is -2.46. The molecule has 3 atom stereocenters. The number of ether oxygens (including phenoxy) is 1. The van der Waals surface area contributed by atoms with Crippen LogP contribution in [0.2, 0.25) is 0 Å². The predicted molar refractivity (Wildman–Crippen MR) is 129 cm³/mol. The van der Waals surface area contributed by atoms with E-state index >= 15 is 0 Å². The number of hydrogen-bond acceptors (Lipinski definition) is 5. The van der Waals surface area contributed by atoms with Gasteiger partial charge in [-0.2, -0.15) is 0 Å². The number of likely N-dealkylation sites (tertiary alicyclic amines) is 1. The zero-order chi connectivity index (χ0) is 23.6. The average molecular weight is 451 g/mol. The molecule has 4 rings (SSSR count). The van der Waals surface area contributed by atoms with Gasteiger partial charge in [-0.05, 0) is 37.0 Å². The monoisotopic (exact) mass is 450 g/mol. The van der Waals surface area contributed by atoms with Crippen LogP contribution in [-0.4, -0.2) is 68.5 Å². The number of nitrogens with one attached hydrogen (secondary N) is 2. The molecule has 0 radical (unpaired) electrons. The highest BCUT2D eigenvalue weighted by atomic mass is 16.5. The van der Waals surface area contributed by atoms with E-state index in [-0.39, 0.29) is 23.8 Å². The minimum Gasteiger partial charge on any atom is -0.496 e. The molecule has 2 amide bonds. The minimum atomic E-state index is -0.603. The van der Waals surface area contributed by atoms with Crippen molar-refractivity contribution in [3.05, 3.63) is 54.1 Å². The molecule has 176 valence electrons. The van der Waals surface area contributed by atoms with Gasteiger partial charge in [0.05, 0.1) is 18.4 Å². The zero-order valence-electron chi connectivity index (χ0n) is 19.9. The van der Waals surface area contributed by atoms with Crippen LogP contribution in [0.4, 0.5) is 0 Å². The van der Waals surface area contributed by atoms with E-state index in [0.29, 0.717) is 32.5 Å². The number of amides is 2. The normalized spacial score (nSPS) is 24.7. The van der Waals surface area contributed by atoms with Crippen molar-refractivity contribution in [2.24, 2.45) is 11.3 Å². The highest BCUT2D eigenvalue weighted by Gasteiger charge is 2.48. The first-order chi connectivity index (χ1) is 15.8. The molecule has 2 heterocycles. The number of rotatable bonds is 6. The van der Waals surface area contributed by atoms with E-state index in [0.717, 1.165) is 22.4 Å². The number of methoxy groups -OCH3 is 1. The third kappa shape index (κ3) is 4.61. The Bertz CT molecular complexity index is 1010. The lowest BCUT2D eigenvalue weighted by atomic mass is 9.79. The molecule has 7 heteroatoms. The molecule has 2 aromatic carbocycles. The first kappa shape index (κ1) is 23.3. The summed E-state index contributed by atoms with van der Waals surface area (Å²) in [6, 6.07) is 16.4. The van der Waals surface area contributed by atoms with Crippen molar-refractivity contribution in [1.82, 2.24) is 20.7 Å². The Morgan fingerprint density at radius 3 is 2.52 bits per heavy atom. The Balaban J connectivity index is 1.55. The van der Waals surface area contributed by atoms with Gasteiger partial charge in [-0.15, -0.1) is 0 Å². The fraction of sp³-hybridized carbons (Fsp3) is 0.462. The third-order valence-electron chi connectivity index (χ3n) is 7.01. The molecule has 0 spiro atoms. The molecule has 2 aliphatic rings. The summed E-state index contributed by atoms with van der Waals surface area (Å²) in [5.74, 6) is 0.942. The van der Waals surface area contributed by atoms with E-state index in [9.17, 15) is 9.59 Å². The molecule has 2 N–H and O–H groups in total. The summed E-state index contributed by atoms with van der Waals surface area (Å²) in [6.45, 7) is 3.71. The summed E-state index contributed by atoms with van der Waals surface area (Å²) in [5.41, 5.74) is 8.79. The van der Waals surface area contributed by atoms with Crippen molar-refractivity contribution in [3.63, 3.8) is 0 Å². The highest BCUT2D eigenvalue weighted by Crippen LogP contribution is 2.38. The molecule has 33 heavy (non-hydrogen) atoms. The lowest BCUT2D eigenvalue weighted by Gasteiger charge is -2.32. The van der Waals surface area contributed by atoms with E-state index in [1.54, 1.807) is 26.1 Å². The summed E-state index contributed by atoms with van der Waals surface area (Å²) >= 11 is 0. The fourth-order valence-electron chi connectivity index (χ4n) is 5.15. The largest absolute Gasteiger partial charge is 0.496 e. The van der Waals surface area contributed by atoms with E-state index in [1.807, 2.05) is 36.1 Å². The Labute approximate surface area is 196 Å². The van der Waals surface area contributed by atoms with Crippen LogP contribution in [0.5, 0.6) is 5.75 Å². The van der Waals surface area contributed by atoms with Crippen molar-refractivity contribution < 1.29 is 14.3 Å². The quantitative estimate of drug-likeness (QED) is 0.707. The molecule has 0 aromatic heterocycles. The van der Waals surface area contributed by atoms with Gasteiger partial charge >= 0.3 is 0 Å². The maximum Gasteiger partial charge on any atom is 0.230 e. The maximum atomic E-state index is 13.3. The van der Waals surface area contributed by atoms with Crippen LogP contribution in [0, 0.1) is 11.3 Å². The van der Waals surface area contributed by atoms with E-state index in [1.165, 1.54) is 0 Å². The topological polar surface area (TPSA) is 73.9 Å². The summed E-state index contributed by atoms with van der Waals surface area (Å²) < 4.78 is 5.50.